The number of hydrogen-bond acceptors (Lipinski definition) is 3. The second-order valence-corrected chi connectivity index (χ2v) is 4.67. The summed E-state index contributed by atoms with van der Waals surface area (Å²) in [4.78, 5) is 11.1. The molecule has 0 aliphatic rings. The van der Waals surface area contributed by atoms with Gasteiger partial charge in [0, 0.05) is 30.9 Å². The van der Waals surface area contributed by atoms with E-state index in [2.05, 4.69) is 17.3 Å². The van der Waals surface area contributed by atoms with E-state index in [-0.39, 0.29) is 12.5 Å². The smallest absolute Gasteiger partial charge is 0.221 e. The number of nitrogens with zero attached hydrogens (tertiary/aromatic N) is 2. The number of hydrogen-bond donors (Lipinski definition) is 2. The SMILES string of the molecule is CCCn1cc(-c2cccc(NC(C)=O)c2)c(CO)n1. The van der Waals surface area contributed by atoms with Gasteiger partial charge in [-0.25, -0.2) is 0 Å². The van der Waals surface area contributed by atoms with Crippen molar-refractivity contribution in [3.8, 4) is 11.1 Å². The van der Waals surface area contributed by atoms with Gasteiger partial charge < -0.3 is 10.4 Å². The van der Waals surface area contributed by atoms with Crippen LogP contribution in [0, 0.1) is 0 Å². The predicted molar refractivity (Wildman–Crippen MR) is 78.2 cm³/mol. The Kier molecular flexibility index (Phi) is 4.53. The van der Waals surface area contributed by atoms with Crippen molar-refractivity contribution in [2.75, 3.05) is 5.32 Å². The lowest BCUT2D eigenvalue weighted by Gasteiger charge is -2.05. The number of anilines is 1. The Morgan fingerprint density at radius 2 is 2.25 bits per heavy atom. The molecule has 0 bridgehead atoms. The maximum Gasteiger partial charge on any atom is 0.221 e. The summed E-state index contributed by atoms with van der Waals surface area (Å²) in [6, 6.07) is 7.53. The molecule has 0 aliphatic carbocycles. The molecule has 0 aliphatic heterocycles. The average molecular weight is 273 g/mol. The monoisotopic (exact) mass is 273 g/mol. The van der Waals surface area contributed by atoms with Crippen LogP contribution in [-0.2, 0) is 17.9 Å². The van der Waals surface area contributed by atoms with Crippen LogP contribution in [0.2, 0.25) is 0 Å². The number of carbonyl (C=O) groups excluding carboxylic acids is 1. The van der Waals surface area contributed by atoms with Crippen molar-refractivity contribution in [3.63, 3.8) is 0 Å². The lowest BCUT2D eigenvalue weighted by atomic mass is 10.1. The van der Waals surface area contributed by atoms with Crippen LogP contribution < -0.4 is 5.32 Å². The minimum Gasteiger partial charge on any atom is -0.390 e. The van der Waals surface area contributed by atoms with Gasteiger partial charge in [0.15, 0.2) is 0 Å². The van der Waals surface area contributed by atoms with E-state index < -0.39 is 0 Å². The van der Waals surface area contributed by atoms with Crippen molar-refractivity contribution >= 4 is 11.6 Å². The molecule has 1 aromatic carbocycles. The maximum absolute atomic E-state index is 11.1. The summed E-state index contributed by atoms with van der Waals surface area (Å²) in [6.07, 6.45) is 2.92. The van der Waals surface area contributed by atoms with Crippen LogP contribution in [0.3, 0.4) is 0 Å². The largest absolute Gasteiger partial charge is 0.390 e. The molecule has 5 heteroatoms. The standard InChI is InChI=1S/C15H19N3O2/c1-3-7-18-9-14(15(10-19)17-18)12-5-4-6-13(8-12)16-11(2)20/h4-6,8-9,19H,3,7,10H2,1-2H3,(H,16,20). The van der Waals surface area contributed by atoms with E-state index in [4.69, 9.17) is 0 Å². The van der Waals surface area contributed by atoms with Gasteiger partial charge in [-0.3, -0.25) is 9.48 Å². The molecule has 0 spiro atoms. The summed E-state index contributed by atoms with van der Waals surface area (Å²) in [5.41, 5.74) is 3.22. The Hall–Kier alpha value is -2.14. The van der Waals surface area contributed by atoms with E-state index in [9.17, 15) is 9.90 Å². The molecule has 2 N–H and O–H groups in total. The molecule has 1 aromatic heterocycles. The fraction of sp³-hybridized carbons (Fsp3) is 0.333. The number of aryl methyl sites for hydroxylation is 1. The molecule has 1 heterocycles. The molecule has 0 saturated heterocycles. The molecule has 106 valence electrons. The Labute approximate surface area is 118 Å². The van der Waals surface area contributed by atoms with Crippen LogP contribution in [0.5, 0.6) is 0 Å². The van der Waals surface area contributed by atoms with Crippen molar-refractivity contribution in [1.29, 1.82) is 0 Å². The highest BCUT2D eigenvalue weighted by atomic mass is 16.3. The average Bonchev–Trinajstić information content (AvgIpc) is 2.82. The van der Waals surface area contributed by atoms with Gasteiger partial charge in [0.05, 0.1) is 12.3 Å². The zero-order chi connectivity index (χ0) is 14.5. The van der Waals surface area contributed by atoms with E-state index in [0.717, 1.165) is 29.8 Å². The van der Waals surface area contributed by atoms with Gasteiger partial charge in [0.25, 0.3) is 0 Å². The number of benzene rings is 1. The fourth-order valence-electron chi connectivity index (χ4n) is 2.13. The van der Waals surface area contributed by atoms with Crippen molar-refractivity contribution in [1.82, 2.24) is 9.78 Å². The zero-order valence-electron chi connectivity index (χ0n) is 11.8. The molecule has 0 unspecified atom stereocenters. The topological polar surface area (TPSA) is 67.2 Å². The Morgan fingerprint density at radius 3 is 2.90 bits per heavy atom. The van der Waals surface area contributed by atoms with Crippen molar-refractivity contribution in [2.45, 2.75) is 33.4 Å². The van der Waals surface area contributed by atoms with E-state index in [0.29, 0.717) is 5.69 Å². The van der Waals surface area contributed by atoms with Gasteiger partial charge >= 0.3 is 0 Å². The summed E-state index contributed by atoms with van der Waals surface area (Å²) in [7, 11) is 0. The van der Waals surface area contributed by atoms with Crippen LogP contribution >= 0.6 is 0 Å². The lowest BCUT2D eigenvalue weighted by molar-refractivity contribution is -0.114. The van der Waals surface area contributed by atoms with Crippen LogP contribution in [0.4, 0.5) is 5.69 Å². The highest BCUT2D eigenvalue weighted by Crippen LogP contribution is 2.26. The summed E-state index contributed by atoms with van der Waals surface area (Å²) >= 11 is 0. The molecule has 20 heavy (non-hydrogen) atoms. The Bertz CT molecular complexity index is 605. The third kappa shape index (κ3) is 3.24. The first-order valence-corrected chi connectivity index (χ1v) is 6.69. The fourth-order valence-corrected chi connectivity index (χ4v) is 2.13. The van der Waals surface area contributed by atoms with E-state index in [1.165, 1.54) is 6.92 Å². The third-order valence-electron chi connectivity index (χ3n) is 2.93. The maximum atomic E-state index is 11.1. The normalized spacial score (nSPS) is 10.6. The van der Waals surface area contributed by atoms with Crippen LogP contribution in [0.25, 0.3) is 11.1 Å². The zero-order valence-corrected chi connectivity index (χ0v) is 11.8. The van der Waals surface area contributed by atoms with Crippen molar-refractivity contribution in [2.24, 2.45) is 0 Å². The minimum absolute atomic E-state index is 0.101. The third-order valence-corrected chi connectivity index (χ3v) is 2.93. The number of amides is 1. The number of nitrogens with one attached hydrogen (secondary N) is 1. The van der Waals surface area contributed by atoms with Crippen LogP contribution in [0.1, 0.15) is 26.0 Å². The van der Waals surface area contributed by atoms with Gasteiger partial charge in [-0.1, -0.05) is 19.1 Å². The van der Waals surface area contributed by atoms with Crippen molar-refractivity contribution < 1.29 is 9.90 Å². The molecule has 0 radical (unpaired) electrons. The molecule has 0 fully saturated rings. The summed E-state index contributed by atoms with van der Waals surface area (Å²) in [5.74, 6) is -0.105. The first-order chi connectivity index (χ1) is 9.63. The van der Waals surface area contributed by atoms with Crippen molar-refractivity contribution in [3.05, 3.63) is 36.2 Å². The van der Waals surface area contributed by atoms with Crippen LogP contribution in [-0.4, -0.2) is 20.8 Å². The summed E-state index contributed by atoms with van der Waals surface area (Å²) in [5, 5.41) is 16.6. The highest BCUT2D eigenvalue weighted by Gasteiger charge is 2.10. The predicted octanol–water partition coefficient (Wildman–Crippen LogP) is 2.41. The molecule has 1 amide bonds. The van der Waals surface area contributed by atoms with Gasteiger partial charge in [0.2, 0.25) is 5.91 Å². The van der Waals surface area contributed by atoms with E-state index in [1.807, 2.05) is 35.1 Å². The van der Waals surface area contributed by atoms with Gasteiger partial charge in [-0.15, -0.1) is 0 Å². The Balaban J connectivity index is 2.37. The first kappa shape index (κ1) is 14.3. The van der Waals surface area contributed by atoms with Gasteiger partial charge in [-0.05, 0) is 24.1 Å². The lowest BCUT2D eigenvalue weighted by Crippen LogP contribution is -2.05. The van der Waals surface area contributed by atoms with Gasteiger partial charge in [-0.2, -0.15) is 5.10 Å². The number of aliphatic hydroxyl groups excluding tert-OH is 1. The molecular weight excluding hydrogens is 254 g/mol. The van der Waals surface area contributed by atoms with E-state index in [1.54, 1.807) is 0 Å². The Morgan fingerprint density at radius 1 is 1.45 bits per heavy atom. The quantitative estimate of drug-likeness (QED) is 0.879. The molecule has 2 rings (SSSR count). The number of aliphatic hydroxyl groups is 1. The second kappa shape index (κ2) is 6.34. The number of rotatable bonds is 5. The summed E-state index contributed by atoms with van der Waals surface area (Å²) in [6.45, 7) is 4.28. The van der Waals surface area contributed by atoms with Gasteiger partial charge in [0.1, 0.15) is 0 Å². The molecule has 0 atom stereocenters. The number of aromatic nitrogens is 2. The van der Waals surface area contributed by atoms with Crippen LogP contribution in [0.15, 0.2) is 30.5 Å². The molecule has 2 aromatic rings. The number of carbonyl (C=O) groups is 1. The summed E-state index contributed by atoms with van der Waals surface area (Å²) < 4.78 is 1.84. The first-order valence-electron chi connectivity index (χ1n) is 6.69. The van der Waals surface area contributed by atoms with E-state index >= 15 is 0 Å². The molecule has 0 saturated carbocycles. The minimum atomic E-state index is -0.105. The molecule has 5 nitrogen and oxygen atoms in total. The second-order valence-electron chi connectivity index (χ2n) is 4.67. The molecular formula is C15H19N3O2. The highest BCUT2D eigenvalue weighted by molar-refractivity contribution is 5.89.